The first kappa shape index (κ1) is 9.36. The van der Waals surface area contributed by atoms with Crippen molar-refractivity contribution in [3.8, 4) is 0 Å². The lowest BCUT2D eigenvalue weighted by Gasteiger charge is -2.21. The molecule has 1 heterocycles. The molecule has 1 aliphatic heterocycles. The quantitative estimate of drug-likeness (QED) is 0.689. The molecule has 0 saturated heterocycles. The van der Waals surface area contributed by atoms with Crippen molar-refractivity contribution in [2.24, 2.45) is 5.10 Å². The van der Waals surface area contributed by atoms with Crippen molar-refractivity contribution >= 4 is 5.84 Å². The monoisotopic (exact) mass is 169 g/mol. The molecule has 12 heavy (non-hydrogen) atoms. The lowest BCUT2D eigenvalue weighted by molar-refractivity contribution is 0.423. The minimum atomic E-state index is 1.01. The van der Waals surface area contributed by atoms with Crippen molar-refractivity contribution in [2.45, 2.75) is 33.1 Å². The van der Waals surface area contributed by atoms with E-state index in [4.69, 9.17) is 0 Å². The minimum Gasteiger partial charge on any atom is -0.359 e. The van der Waals surface area contributed by atoms with Gasteiger partial charge in [0.15, 0.2) is 0 Å². The maximum Gasteiger partial charge on any atom is 0.126 e. The van der Waals surface area contributed by atoms with E-state index in [2.05, 4.69) is 29.3 Å². The van der Waals surface area contributed by atoms with Gasteiger partial charge in [-0.3, -0.25) is 0 Å². The summed E-state index contributed by atoms with van der Waals surface area (Å²) >= 11 is 0. The summed E-state index contributed by atoms with van der Waals surface area (Å²) in [6, 6.07) is 0. The van der Waals surface area contributed by atoms with Crippen LogP contribution >= 0.6 is 0 Å². The van der Waals surface area contributed by atoms with Crippen LogP contribution in [0.1, 0.15) is 33.1 Å². The molecule has 0 bridgehead atoms. The Morgan fingerprint density at radius 2 is 2.33 bits per heavy atom. The molecule has 0 amide bonds. The standard InChI is InChI=1S/C9H19N3/c1-3-5-8-12(4-2)9-6-7-10-11-9/h10H,3-8H2,1-2H3. The predicted octanol–water partition coefficient (Wildman–Crippen LogP) is 1.42. The van der Waals surface area contributed by atoms with Gasteiger partial charge in [-0.1, -0.05) is 13.3 Å². The Balaban J connectivity index is 2.33. The predicted molar refractivity (Wildman–Crippen MR) is 52.2 cm³/mol. The van der Waals surface area contributed by atoms with E-state index in [1.807, 2.05) is 0 Å². The van der Waals surface area contributed by atoms with Crippen LogP contribution in [0.25, 0.3) is 0 Å². The van der Waals surface area contributed by atoms with Crippen LogP contribution < -0.4 is 5.43 Å². The Bertz CT molecular complexity index is 154. The fourth-order valence-corrected chi connectivity index (χ4v) is 1.42. The number of rotatable bonds is 4. The number of hydrogen-bond donors (Lipinski definition) is 1. The summed E-state index contributed by atoms with van der Waals surface area (Å²) in [5.74, 6) is 1.24. The Morgan fingerprint density at radius 3 is 2.83 bits per heavy atom. The van der Waals surface area contributed by atoms with Crippen LogP contribution in [0.15, 0.2) is 5.10 Å². The van der Waals surface area contributed by atoms with Gasteiger partial charge < -0.3 is 10.3 Å². The molecular weight excluding hydrogens is 150 g/mol. The molecule has 0 atom stereocenters. The van der Waals surface area contributed by atoms with Crippen LogP contribution in [0.2, 0.25) is 0 Å². The molecule has 0 saturated carbocycles. The molecule has 0 aliphatic carbocycles. The molecule has 0 aromatic carbocycles. The summed E-state index contributed by atoms with van der Waals surface area (Å²) in [5.41, 5.74) is 3.01. The van der Waals surface area contributed by atoms with Crippen molar-refractivity contribution in [3.05, 3.63) is 0 Å². The normalized spacial score (nSPS) is 15.7. The molecule has 0 unspecified atom stereocenters. The fraction of sp³-hybridized carbons (Fsp3) is 0.889. The number of unbranched alkanes of at least 4 members (excludes halogenated alkanes) is 1. The van der Waals surface area contributed by atoms with Crippen molar-refractivity contribution in [3.63, 3.8) is 0 Å². The number of hydrogen-bond acceptors (Lipinski definition) is 3. The van der Waals surface area contributed by atoms with Crippen LogP contribution in [-0.2, 0) is 0 Å². The van der Waals surface area contributed by atoms with E-state index in [0.717, 1.165) is 26.1 Å². The number of hydrazone groups is 1. The largest absolute Gasteiger partial charge is 0.359 e. The average Bonchev–Trinajstić information content (AvgIpc) is 2.59. The highest BCUT2D eigenvalue weighted by atomic mass is 15.4. The second-order valence-corrected chi connectivity index (χ2v) is 3.12. The van der Waals surface area contributed by atoms with Crippen LogP contribution in [0.4, 0.5) is 0 Å². The van der Waals surface area contributed by atoms with E-state index < -0.39 is 0 Å². The highest BCUT2D eigenvalue weighted by Gasteiger charge is 2.12. The Hall–Kier alpha value is -0.730. The van der Waals surface area contributed by atoms with Gasteiger partial charge >= 0.3 is 0 Å². The zero-order valence-corrected chi connectivity index (χ0v) is 8.14. The lowest BCUT2D eigenvalue weighted by Crippen LogP contribution is -2.30. The number of nitrogens with zero attached hydrogens (tertiary/aromatic N) is 2. The lowest BCUT2D eigenvalue weighted by atomic mass is 10.3. The van der Waals surface area contributed by atoms with E-state index in [0.29, 0.717) is 0 Å². The second-order valence-electron chi connectivity index (χ2n) is 3.12. The third-order valence-electron chi connectivity index (χ3n) is 2.20. The summed E-state index contributed by atoms with van der Waals surface area (Å²) in [4.78, 5) is 2.36. The van der Waals surface area contributed by atoms with Crippen molar-refractivity contribution in [2.75, 3.05) is 19.6 Å². The second kappa shape index (κ2) is 5.01. The molecule has 1 N–H and O–H groups in total. The first-order valence-electron chi connectivity index (χ1n) is 4.92. The Labute approximate surface area is 74.8 Å². The molecule has 1 aliphatic rings. The average molecular weight is 169 g/mol. The van der Waals surface area contributed by atoms with Crippen molar-refractivity contribution in [1.82, 2.24) is 10.3 Å². The van der Waals surface area contributed by atoms with Gasteiger partial charge in [-0.15, -0.1) is 0 Å². The third-order valence-corrected chi connectivity index (χ3v) is 2.20. The molecule has 0 radical (unpaired) electrons. The van der Waals surface area contributed by atoms with Gasteiger partial charge in [-0.05, 0) is 13.3 Å². The maximum atomic E-state index is 4.25. The van der Waals surface area contributed by atoms with E-state index in [1.54, 1.807) is 0 Å². The summed E-state index contributed by atoms with van der Waals surface area (Å²) in [6.07, 6.45) is 3.63. The SMILES string of the molecule is CCCCN(CC)C1=NNCC1. The molecule has 0 fully saturated rings. The van der Waals surface area contributed by atoms with Crippen LogP contribution in [0.3, 0.4) is 0 Å². The summed E-state index contributed by atoms with van der Waals surface area (Å²) in [5, 5.41) is 4.25. The van der Waals surface area contributed by atoms with Crippen LogP contribution in [0.5, 0.6) is 0 Å². The topological polar surface area (TPSA) is 27.6 Å². The molecule has 1 rings (SSSR count). The molecule has 0 aromatic heterocycles. The van der Waals surface area contributed by atoms with Crippen LogP contribution in [0, 0.1) is 0 Å². The fourth-order valence-electron chi connectivity index (χ4n) is 1.42. The van der Waals surface area contributed by atoms with Crippen molar-refractivity contribution in [1.29, 1.82) is 0 Å². The van der Waals surface area contributed by atoms with E-state index >= 15 is 0 Å². The van der Waals surface area contributed by atoms with Gasteiger partial charge in [-0.2, -0.15) is 5.10 Å². The van der Waals surface area contributed by atoms with Gasteiger partial charge in [0.05, 0.1) is 0 Å². The first-order chi connectivity index (χ1) is 5.88. The zero-order chi connectivity index (χ0) is 8.81. The molecule has 3 heteroatoms. The molecular formula is C9H19N3. The summed E-state index contributed by atoms with van der Waals surface area (Å²) in [6.45, 7) is 7.67. The highest BCUT2D eigenvalue weighted by Crippen LogP contribution is 2.02. The van der Waals surface area contributed by atoms with E-state index in [9.17, 15) is 0 Å². The molecule has 3 nitrogen and oxygen atoms in total. The third kappa shape index (κ3) is 2.40. The number of nitrogens with one attached hydrogen (secondary N) is 1. The molecule has 70 valence electrons. The van der Waals surface area contributed by atoms with Gasteiger partial charge in [0.25, 0.3) is 0 Å². The summed E-state index contributed by atoms with van der Waals surface area (Å²) < 4.78 is 0. The Kier molecular flexibility index (Phi) is 3.91. The molecule has 0 aromatic rings. The smallest absolute Gasteiger partial charge is 0.126 e. The maximum absolute atomic E-state index is 4.25. The van der Waals surface area contributed by atoms with Gasteiger partial charge in [0.1, 0.15) is 5.84 Å². The molecule has 0 spiro atoms. The zero-order valence-electron chi connectivity index (χ0n) is 8.14. The first-order valence-corrected chi connectivity index (χ1v) is 4.92. The van der Waals surface area contributed by atoms with Crippen LogP contribution in [-0.4, -0.2) is 30.4 Å². The van der Waals surface area contributed by atoms with Crippen molar-refractivity contribution < 1.29 is 0 Å². The van der Waals surface area contributed by atoms with Gasteiger partial charge in [-0.25, -0.2) is 0 Å². The minimum absolute atomic E-state index is 1.01. The highest BCUT2D eigenvalue weighted by molar-refractivity contribution is 5.83. The van der Waals surface area contributed by atoms with Gasteiger partial charge in [0, 0.05) is 26.1 Å². The van der Waals surface area contributed by atoms with E-state index in [1.165, 1.54) is 18.7 Å². The Morgan fingerprint density at radius 1 is 1.50 bits per heavy atom. The van der Waals surface area contributed by atoms with E-state index in [-0.39, 0.29) is 0 Å². The number of amidine groups is 1. The summed E-state index contributed by atoms with van der Waals surface area (Å²) in [7, 11) is 0. The van der Waals surface area contributed by atoms with Gasteiger partial charge in [0.2, 0.25) is 0 Å².